The van der Waals surface area contributed by atoms with Crippen molar-refractivity contribution in [2.75, 3.05) is 32.6 Å². The maximum absolute atomic E-state index is 11.9. The average molecular weight is 318 g/mol. The van der Waals surface area contributed by atoms with E-state index in [1.54, 1.807) is 0 Å². The molecule has 5 nitrogen and oxygen atoms in total. The number of hydrogen-bond acceptors (Lipinski definition) is 5. The summed E-state index contributed by atoms with van der Waals surface area (Å²) < 4.78 is 29.3. The Kier molecular flexibility index (Phi) is 6.05. The van der Waals surface area contributed by atoms with Crippen molar-refractivity contribution < 1.29 is 13.2 Å². The molecule has 1 heterocycles. The van der Waals surface area contributed by atoms with Crippen molar-refractivity contribution in [1.29, 1.82) is 0 Å². The van der Waals surface area contributed by atoms with Crippen molar-refractivity contribution in [3.8, 4) is 0 Å². The first-order chi connectivity index (χ1) is 9.89. The number of morpholine rings is 1. The van der Waals surface area contributed by atoms with Crippen molar-refractivity contribution in [3.63, 3.8) is 0 Å². The molecule has 0 aromatic heterocycles. The van der Waals surface area contributed by atoms with Gasteiger partial charge in [0.25, 0.3) is 0 Å². The molecule has 124 valence electrons. The number of nitrogens with zero attached hydrogens (tertiary/aromatic N) is 1. The van der Waals surface area contributed by atoms with Gasteiger partial charge in [0.1, 0.15) is 0 Å². The topological polar surface area (TPSA) is 58.6 Å². The summed E-state index contributed by atoms with van der Waals surface area (Å²) in [5.74, 6) is 0. The summed E-state index contributed by atoms with van der Waals surface area (Å²) in [4.78, 5) is 2.45. The Morgan fingerprint density at radius 3 is 2.71 bits per heavy atom. The van der Waals surface area contributed by atoms with Crippen LogP contribution in [-0.2, 0) is 14.6 Å². The Morgan fingerprint density at radius 1 is 1.33 bits per heavy atom. The molecule has 0 radical (unpaired) electrons. The van der Waals surface area contributed by atoms with Gasteiger partial charge in [0.05, 0.1) is 18.5 Å². The molecular weight excluding hydrogens is 288 g/mol. The van der Waals surface area contributed by atoms with Crippen molar-refractivity contribution in [3.05, 3.63) is 0 Å². The molecular formula is C15H30N2O3S. The summed E-state index contributed by atoms with van der Waals surface area (Å²) in [5.41, 5.74) is 0. The molecule has 1 aliphatic heterocycles. The molecule has 21 heavy (non-hydrogen) atoms. The van der Waals surface area contributed by atoms with Gasteiger partial charge in [-0.2, -0.15) is 0 Å². The van der Waals surface area contributed by atoms with Gasteiger partial charge in [0, 0.05) is 37.5 Å². The van der Waals surface area contributed by atoms with Gasteiger partial charge in [0.15, 0.2) is 9.84 Å². The van der Waals surface area contributed by atoms with E-state index in [-0.39, 0.29) is 11.3 Å². The van der Waals surface area contributed by atoms with E-state index in [2.05, 4.69) is 24.1 Å². The fraction of sp³-hybridized carbons (Fsp3) is 1.00. The summed E-state index contributed by atoms with van der Waals surface area (Å²) in [6.45, 7) is 7.80. The summed E-state index contributed by atoms with van der Waals surface area (Å²) >= 11 is 0. The molecule has 1 saturated heterocycles. The van der Waals surface area contributed by atoms with E-state index in [1.165, 1.54) is 6.26 Å². The number of sulfone groups is 1. The Balaban J connectivity index is 1.88. The molecule has 2 aliphatic rings. The zero-order chi connectivity index (χ0) is 15.5. The third-order valence-electron chi connectivity index (χ3n) is 4.91. The predicted molar refractivity (Wildman–Crippen MR) is 85.3 cm³/mol. The largest absolute Gasteiger partial charge is 0.379 e. The van der Waals surface area contributed by atoms with Gasteiger partial charge in [-0.15, -0.1) is 0 Å². The summed E-state index contributed by atoms with van der Waals surface area (Å²) in [5, 5.41) is 3.33. The lowest BCUT2D eigenvalue weighted by Gasteiger charge is -2.39. The smallest absolute Gasteiger partial charge is 0.151 e. The number of hydrogen-bond donors (Lipinski definition) is 1. The lowest BCUT2D eigenvalue weighted by atomic mass is 9.94. The van der Waals surface area contributed by atoms with Crippen LogP contribution in [-0.4, -0.2) is 69.3 Å². The molecule has 0 spiro atoms. The maximum Gasteiger partial charge on any atom is 0.151 e. The fourth-order valence-corrected chi connectivity index (χ4v) is 5.10. The second-order valence-corrected chi connectivity index (χ2v) is 8.94. The minimum absolute atomic E-state index is 0.118. The van der Waals surface area contributed by atoms with E-state index in [4.69, 9.17) is 4.74 Å². The number of nitrogens with one attached hydrogen (secondary N) is 1. The lowest BCUT2D eigenvalue weighted by molar-refractivity contribution is -0.0186. The quantitative estimate of drug-likeness (QED) is 0.821. The van der Waals surface area contributed by atoms with Crippen LogP contribution < -0.4 is 5.32 Å². The molecule has 0 unspecified atom stereocenters. The highest BCUT2D eigenvalue weighted by atomic mass is 32.2. The van der Waals surface area contributed by atoms with E-state index >= 15 is 0 Å². The van der Waals surface area contributed by atoms with Crippen LogP contribution in [0.5, 0.6) is 0 Å². The van der Waals surface area contributed by atoms with E-state index in [9.17, 15) is 8.42 Å². The van der Waals surface area contributed by atoms with Crippen molar-refractivity contribution >= 4 is 9.84 Å². The van der Waals surface area contributed by atoms with Crippen LogP contribution in [0.25, 0.3) is 0 Å². The van der Waals surface area contributed by atoms with Gasteiger partial charge in [-0.05, 0) is 26.7 Å². The van der Waals surface area contributed by atoms with Crippen LogP contribution in [0.2, 0.25) is 0 Å². The number of ether oxygens (including phenoxy) is 1. The fourth-order valence-electron chi connectivity index (χ4n) is 3.68. The predicted octanol–water partition coefficient (Wildman–Crippen LogP) is 1.04. The van der Waals surface area contributed by atoms with Crippen LogP contribution in [0.4, 0.5) is 0 Å². The van der Waals surface area contributed by atoms with Crippen LogP contribution in [0.3, 0.4) is 0 Å². The lowest BCUT2D eigenvalue weighted by Crippen LogP contribution is -2.54. The summed E-state index contributed by atoms with van der Waals surface area (Å²) in [6.07, 6.45) is 5.32. The third-order valence-corrected chi connectivity index (χ3v) is 6.58. The monoisotopic (exact) mass is 318 g/mol. The highest BCUT2D eigenvalue weighted by Crippen LogP contribution is 2.24. The second kappa shape index (κ2) is 7.40. The van der Waals surface area contributed by atoms with Crippen LogP contribution in [0.15, 0.2) is 0 Å². The van der Waals surface area contributed by atoms with E-state index in [0.29, 0.717) is 12.1 Å². The van der Waals surface area contributed by atoms with E-state index in [1.807, 2.05) is 0 Å². The number of rotatable bonds is 5. The molecule has 2 rings (SSSR count). The highest BCUT2D eigenvalue weighted by molar-refractivity contribution is 7.91. The Bertz CT molecular complexity index is 427. The first kappa shape index (κ1) is 17.2. The zero-order valence-corrected chi connectivity index (χ0v) is 14.4. The maximum atomic E-state index is 11.9. The normalized spacial score (nSPS) is 33.8. The summed E-state index contributed by atoms with van der Waals surface area (Å²) in [7, 11) is -2.95. The Labute approximate surface area is 129 Å². The van der Waals surface area contributed by atoms with Crippen LogP contribution >= 0.6 is 0 Å². The van der Waals surface area contributed by atoms with Gasteiger partial charge < -0.3 is 10.1 Å². The molecule has 4 atom stereocenters. The van der Waals surface area contributed by atoms with Crippen LogP contribution in [0, 0.1) is 0 Å². The Morgan fingerprint density at radius 2 is 2.05 bits per heavy atom. The first-order valence-electron chi connectivity index (χ1n) is 8.15. The minimum atomic E-state index is -2.95. The van der Waals surface area contributed by atoms with Crippen molar-refractivity contribution in [2.24, 2.45) is 0 Å². The van der Waals surface area contributed by atoms with E-state index in [0.717, 1.165) is 52.0 Å². The average Bonchev–Trinajstić information content (AvgIpc) is 2.44. The zero-order valence-electron chi connectivity index (χ0n) is 13.5. The Hall–Kier alpha value is -0.170. The van der Waals surface area contributed by atoms with Gasteiger partial charge in [-0.1, -0.05) is 12.8 Å². The summed E-state index contributed by atoms with van der Waals surface area (Å²) in [6, 6.07) is 0.964. The highest BCUT2D eigenvalue weighted by Gasteiger charge is 2.33. The second-order valence-electron chi connectivity index (χ2n) is 6.68. The molecule has 1 saturated carbocycles. The van der Waals surface area contributed by atoms with E-state index < -0.39 is 9.84 Å². The van der Waals surface area contributed by atoms with Gasteiger partial charge in [-0.25, -0.2) is 8.42 Å². The standard InChI is InChI=1S/C15H30N2O3S/c1-12(17-8-9-20-11-13(17)2)10-16-14-6-4-5-7-15(14)21(3,18)19/h12-16H,4-11H2,1-3H3/t12-,13-,14-,15+/m1/s1. The van der Waals surface area contributed by atoms with Crippen molar-refractivity contribution in [2.45, 2.75) is 62.9 Å². The van der Waals surface area contributed by atoms with Crippen LogP contribution in [0.1, 0.15) is 39.5 Å². The van der Waals surface area contributed by atoms with Crippen molar-refractivity contribution in [1.82, 2.24) is 10.2 Å². The molecule has 2 fully saturated rings. The van der Waals surface area contributed by atoms with Gasteiger partial charge >= 0.3 is 0 Å². The molecule has 0 aromatic rings. The third kappa shape index (κ3) is 4.65. The molecule has 0 amide bonds. The SMILES string of the molecule is C[C@H](CN[C@@H]1CCCC[C@@H]1S(C)(=O)=O)N1CCOC[C@H]1C. The molecule has 0 aromatic carbocycles. The van der Waals surface area contributed by atoms with Gasteiger partial charge in [-0.3, -0.25) is 4.90 Å². The minimum Gasteiger partial charge on any atom is -0.379 e. The molecule has 1 N–H and O–H groups in total. The van der Waals surface area contributed by atoms with Gasteiger partial charge in [0.2, 0.25) is 0 Å². The molecule has 1 aliphatic carbocycles. The first-order valence-corrected chi connectivity index (χ1v) is 10.1. The molecule has 6 heteroatoms. The molecule has 0 bridgehead atoms.